The topological polar surface area (TPSA) is 137 Å². The Kier molecular flexibility index (Phi) is 11.1. The Morgan fingerprint density at radius 2 is 1.69 bits per heavy atom. The number of rotatable bonds is 10. The first-order valence-electron chi connectivity index (χ1n) is 16.1. The summed E-state index contributed by atoms with van der Waals surface area (Å²) < 4.78 is 50.5. The van der Waals surface area contributed by atoms with Crippen LogP contribution in [0.1, 0.15) is 51.2 Å². The highest BCUT2D eigenvalue weighted by molar-refractivity contribution is 7.89. The highest BCUT2D eigenvalue weighted by Crippen LogP contribution is 2.43. The second-order valence-corrected chi connectivity index (χ2v) is 15.1. The molecule has 2 amide bonds. The van der Waals surface area contributed by atoms with Crippen molar-refractivity contribution in [3.8, 4) is 0 Å². The minimum Gasteiger partial charge on any atom is -0.465 e. The smallest absolute Gasteiger partial charge is 0.405 e. The van der Waals surface area contributed by atoms with Gasteiger partial charge in [0.15, 0.2) is 0 Å². The molecular formula is C35H42ClFN4O6S. The summed E-state index contributed by atoms with van der Waals surface area (Å²) in [5.41, 5.74) is 0.102. The molecule has 2 aliphatic rings. The fraction of sp³-hybridized carbons (Fsp3) is 0.429. The number of carbonyl (C=O) groups is 2. The monoisotopic (exact) mass is 700 g/mol. The van der Waals surface area contributed by atoms with Crippen LogP contribution in [0.15, 0.2) is 77.7 Å². The average molecular weight is 701 g/mol. The predicted octanol–water partition coefficient (Wildman–Crippen LogP) is 5.56. The van der Waals surface area contributed by atoms with Gasteiger partial charge in [0.1, 0.15) is 11.9 Å². The summed E-state index contributed by atoms with van der Waals surface area (Å²) in [7, 11) is -3.84. The van der Waals surface area contributed by atoms with Gasteiger partial charge < -0.3 is 25.8 Å². The van der Waals surface area contributed by atoms with E-state index in [0.717, 1.165) is 5.56 Å². The molecule has 13 heteroatoms. The molecule has 48 heavy (non-hydrogen) atoms. The van der Waals surface area contributed by atoms with Gasteiger partial charge in [0.2, 0.25) is 15.9 Å². The molecule has 0 aliphatic carbocycles. The Morgan fingerprint density at radius 3 is 2.33 bits per heavy atom. The molecule has 6 atom stereocenters. The molecule has 0 saturated carbocycles. The van der Waals surface area contributed by atoms with Crippen molar-refractivity contribution in [3.05, 3.63) is 94.8 Å². The van der Waals surface area contributed by atoms with Gasteiger partial charge in [-0.25, -0.2) is 17.6 Å². The van der Waals surface area contributed by atoms with Gasteiger partial charge in [-0.15, -0.1) is 0 Å². The van der Waals surface area contributed by atoms with Gasteiger partial charge in [-0.05, 0) is 88.4 Å². The SMILES string of the molecule is C[C@@H]1C[C@](c2ccc(Cl)cc2)([C@H](NC(=O)O)C(=O)Nc2cccc(F)c2CC[C@H]2CNC[C@H](C)N2S(=O)(=O)c2ccccc2)C[C@H](C)O1. The molecule has 3 aromatic carbocycles. The Labute approximate surface area is 286 Å². The lowest BCUT2D eigenvalue weighted by molar-refractivity contribution is -0.124. The number of benzene rings is 3. The number of nitrogens with one attached hydrogen (secondary N) is 3. The van der Waals surface area contributed by atoms with E-state index in [4.69, 9.17) is 16.3 Å². The maximum atomic E-state index is 15.5. The number of halogens is 2. The van der Waals surface area contributed by atoms with E-state index >= 15 is 4.39 Å². The lowest BCUT2D eigenvalue weighted by Crippen LogP contribution is -2.60. The van der Waals surface area contributed by atoms with Crippen molar-refractivity contribution >= 4 is 39.3 Å². The molecule has 2 aliphatic heterocycles. The fourth-order valence-electron chi connectivity index (χ4n) is 7.42. The summed E-state index contributed by atoms with van der Waals surface area (Å²) in [5.74, 6) is -1.22. The van der Waals surface area contributed by atoms with Gasteiger partial charge >= 0.3 is 6.09 Å². The number of nitrogens with zero attached hydrogens (tertiary/aromatic N) is 1. The summed E-state index contributed by atoms with van der Waals surface area (Å²) in [6.45, 7) is 6.43. The van der Waals surface area contributed by atoms with Crippen LogP contribution in [-0.2, 0) is 31.4 Å². The first kappa shape index (κ1) is 35.7. The average Bonchev–Trinajstić information content (AvgIpc) is 3.03. The minimum absolute atomic E-state index is 0.115. The third-order valence-corrected chi connectivity index (χ3v) is 11.6. The van der Waals surface area contributed by atoms with Crippen molar-refractivity contribution in [3.63, 3.8) is 0 Å². The van der Waals surface area contributed by atoms with Crippen molar-refractivity contribution < 1.29 is 32.2 Å². The summed E-state index contributed by atoms with van der Waals surface area (Å²) in [6.07, 6.45) is -0.899. The fourth-order valence-corrected chi connectivity index (χ4v) is 9.41. The maximum absolute atomic E-state index is 15.5. The zero-order valence-electron chi connectivity index (χ0n) is 27.2. The molecule has 3 aromatic rings. The summed E-state index contributed by atoms with van der Waals surface area (Å²) >= 11 is 6.19. The zero-order chi connectivity index (χ0) is 34.6. The van der Waals surface area contributed by atoms with Crippen molar-refractivity contribution in [2.24, 2.45) is 0 Å². The first-order valence-corrected chi connectivity index (χ1v) is 17.9. The third-order valence-electron chi connectivity index (χ3n) is 9.31. The zero-order valence-corrected chi connectivity index (χ0v) is 28.7. The number of piperazine rings is 1. The lowest BCUT2D eigenvalue weighted by atomic mass is 9.65. The van der Waals surface area contributed by atoms with Crippen LogP contribution in [-0.4, -0.2) is 73.3 Å². The van der Waals surface area contributed by atoms with Crippen LogP contribution < -0.4 is 16.0 Å². The second-order valence-electron chi connectivity index (χ2n) is 12.8. The van der Waals surface area contributed by atoms with E-state index in [1.54, 1.807) is 60.7 Å². The van der Waals surface area contributed by atoms with E-state index in [0.29, 0.717) is 31.0 Å². The Morgan fingerprint density at radius 1 is 1.02 bits per heavy atom. The largest absolute Gasteiger partial charge is 0.465 e. The van der Waals surface area contributed by atoms with E-state index in [-0.39, 0.29) is 47.2 Å². The van der Waals surface area contributed by atoms with Crippen molar-refractivity contribution in [2.75, 3.05) is 18.4 Å². The van der Waals surface area contributed by atoms with Crippen molar-refractivity contribution in [2.45, 2.75) is 87.1 Å². The normalized spacial score (nSPS) is 25.6. The Hall–Kier alpha value is -3.55. The molecule has 10 nitrogen and oxygen atoms in total. The molecular weight excluding hydrogens is 659 g/mol. The molecule has 5 rings (SSSR count). The Bertz CT molecular complexity index is 1700. The van der Waals surface area contributed by atoms with Crippen molar-refractivity contribution in [1.29, 1.82) is 0 Å². The van der Waals surface area contributed by atoms with E-state index in [9.17, 15) is 23.1 Å². The Balaban J connectivity index is 1.45. The van der Waals surface area contributed by atoms with Crippen LogP contribution >= 0.6 is 11.6 Å². The third kappa shape index (κ3) is 7.68. The number of amides is 2. The van der Waals surface area contributed by atoms with E-state index in [2.05, 4.69) is 16.0 Å². The van der Waals surface area contributed by atoms with E-state index < -0.39 is 45.3 Å². The number of hydrogen-bond acceptors (Lipinski definition) is 6. The van der Waals surface area contributed by atoms with Crippen LogP contribution in [0.4, 0.5) is 14.9 Å². The van der Waals surface area contributed by atoms with Crippen LogP contribution in [0.5, 0.6) is 0 Å². The number of carboxylic acid groups (broad SMARTS) is 1. The van der Waals surface area contributed by atoms with Crippen molar-refractivity contribution in [1.82, 2.24) is 14.9 Å². The molecule has 2 heterocycles. The van der Waals surface area contributed by atoms with Crippen LogP contribution in [0.25, 0.3) is 0 Å². The molecule has 0 radical (unpaired) electrons. The second kappa shape index (κ2) is 14.9. The van der Waals surface area contributed by atoms with Gasteiger partial charge in [-0.1, -0.05) is 48.0 Å². The quantitative estimate of drug-likeness (QED) is 0.217. The van der Waals surface area contributed by atoms with Gasteiger partial charge in [-0.3, -0.25) is 4.79 Å². The molecule has 2 fully saturated rings. The van der Waals surface area contributed by atoms with E-state index in [1.165, 1.54) is 16.4 Å². The van der Waals surface area contributed by atoms with Gasteiger partial charge in [0, 0.05) is 46.9 Å². The van der Waals surface area contributed by atoms with Crippen LogP contribution in [0.2, 0.25) is 5.02 Å². The number of ether oxygens (including phenoxy) is 1. The van der Waals surface area contributed by atoms with Crippen LogP contribution in [0.3, 0.4) is 0 Å². The molecule has 0 aromatic heterocycles. The number of carbonyl (C=O) groups excluding carboxylic acids is 1. The van der Waals surface area contributed by atoms with Gasteiger partial charge in [0.05, 0.1) is 17.1 Å². The summed E-state index contributed by atoms with van der Waals surface area (Å²) in [6, 6.07) is 17.4. The van der Waals surface area contributed by atoms with Gasteiger partial charge in [0.25, 0.3) is 0 Å². The highest BCUT2D eigenvalue weighted by atomic mass is 35.5. The number of hydrogen-bond donors (Lipinski definition) is 4. The molecule has 258 valence electrons. The summed E-state index contributed by atoms with van der Waals surface area (Å²) in [4.78, 5) is 26.6. The van der Waals surface area contributed by atoms with Gasteiger partial charge in [-0.2, -0.15) is 4.31 Å². The maximum Gasteiger partial charge on any atom is 0.405 e. The van der Waals surface area contributed by atoms with Crippen LogP contribution in [0, 0.1) is 5.82 Å². The number of sulfonamides is 1. The molecule has 2 saturated heterocycles. The number of anilines is 1. The molecule has 0 spiro atoms. The van der Waals surface area contributed by atoms with E-state index in [1.807, 2.05) is 20.8 Å². The molecule has 0 unspecified atom stereocenters. The lowest BCUT2D eigenvalue weighted by Gasteiger charge is -2.47. The molecule has 0 bridgehead atoms. The minimum atomic E-state index is -3.84. The highest BCUT2D eigenvalue weighted by Gasteiger charge is 2.50. The molecule has 4 N–H and O–H groups in total. The standard InChI is InChI=1S/C35H42ClFN4O6S/c1-22-20-38-21-27(41(22)48(45,46)28-8-5-4-6-9-28)16-17-29-30(37)10-7-11-31(29)39-33(42)32(40-34(43)44)35(18-23(2)47-24(3)19-35)25-12-14-26(36)15-13-25/h4-15,22-24,27,32,38,40H,16-21H2,1-3H3,(H,39,42)(H,43,44)/t22-,23-,24+,27-,32+,35+/m0/s1. The predicted molar refractivity (Wildman–Crippen MR) is 182 cm³/mol. The summed E-state index contributed by atoms with van der Waals surface area (Å²) in [5, 5.41) is 19.0. The first-order chi connectivity index (χ1) is 22.8.